The fraction of sp³-hybridized carbons (Fsp3) is 0.206. The number of fused-ring (bicyclic) bond motifs is 1. The molecule has 0 spiro atoms. The van der Waals surface area contributed by atoms with E-state index in [2.05, 4.69) is 237 Å². The number of para-hydroxylation sites is 1. The smallest absolute Gasteiger partial charge is 0.149 e. The summed E-state index contributed by atoms with van der Waals surface area (Å²) in [6, 6.07) is 69.1. The van der Waals surface area contributed by atoms with Gasteiger partial charge in [0.1, 0.15) is 11.6 Å². The molecule has 0 atom stereocenters. The van der Waals surface area contributed by atoms with Gasteiger partial charge in [0.05, 0.1) is 28.0 Å². The number of aromatic hydroxyl groups is 1. The van der Waals surface area contributed by atoms with Crippen LogP contribution in [0.5, 0.6) is 5.75 Å². The zero-order chi connectivity index (χ0) is 50.4. The topological polar surface area (TPSA) is 50.9 Å². The van der Waals surface area contributed by atoms with Gasteiger partial charge in [-0.25, -0.2) is 4.98 Å². The standard InChI is InChI=1S/C68H65N3O/c1-10-68(9,11-2)53-32-30-46(31-33-53)49-36-37-69-60(43-49)52-38-51(39-55(40-52)67(6,7)8)56-28-21-29-62-63(56)70-65(71(62)61-35-34-54(66(3,4)5)44-57(61)47-24-17-13-18-25-47)59-42-50(45-22-15-12-16-23-45)41-58(64(59)72)48-26-19-14-20-27-48/h12-44,72H,10-11H2,1-9H3. The number of imidazole rings is 1. The van der Waals surface area contributed by atoms with Crippen molar-refractivity contribution in [3.63, 3.8) is 0 Å². The van der Waals surface area contributed by atoms with Gasteiger partial charge in [-0.05, 0) is 139 Å². The van der Waals surface area contributed by atoms with E-state index in [0.29, 0.717) is 11.4 Å². The third kappa shape index (κ3) is 9.19. The molecule has 10 rings (SSSR count). The second kappa shape index (κ2) is 19.1. The highest BCUT2D eigenvalue weighted by Crippen LogP contribution is 2.46. The average molecular weight is 940 g/mol. The van der Waals surface area contributed by atoms with Crippen LogP contribution in [0.1, 0.15) is 91.8 Å². The lowest BCUT2D eigenvalue weighted by Gasteiger charge is -2.27. The number of hydrogen-bond acceptors (Lipinski definition) is 3. The largest absolute Gasteiger partial charge is 0.507 e. The number of pyridine rings is 1. The predicted molar refractivity (Wildman–Crippen MR) is 304 cm³/mol. The minimum Gasteiger partial charge on any atom is -0.507 e. The number of benzene rings is 8. The zero-order valence-corrected chi connectivity index (χ0v) is 43.3. The van der Waals surface area contributed by atoms with Crippen molar-refractivity contribution in [2.24, 2.45) is 0 Å². The summed E-state index contributed by atoms with van der Waals surface area (Å²) in [6.45, 7) is 20.5. The van der Waals surface area contributed by atoms with Crippen LogP contribution in [0.15, 0.2) is 200 Å². The molecule has 8 aromatic carbocycles. The van der Waals surface area contributed by atoms with Crippen LogP contribution in [0.25, 0.3) is 95.0 Å². The molecule has 0 aliphatic carbocycles. The van der Waals surface area contributed by atoms with E-state index < -0.39 is 0 Å². The number of hydrogen-bond donors (Lipinski definition) is 1. The molecule has 0 aliphatic heterocycles. The van der Waals surface area contributed by atoms with Gasteiger partial charge in [0.2, 0.25) is 0 Å². The minimum atomic E-state index is -0.168. The number of aromatic nitrogens is 3. The van der Waals surface area contributed by atoms with Crippen molar-refractivity contribution in [2.45, 2.75) is 91.4 Å². The fourth-order valence-corrected chi connectivity index (χ4v) is 10.1. The summed E-state index contributed by atoms with van der Waals surface area (Å²) < 4.78 is 2.28. The number of phenolic OH excluding ortho intramolecular Hbond substituents is 1. The molecule has 2 aromatic heterocycles. The molecule has 0 fully saturated rings. The first-order chi connectivity index (χ1) is 34.6. The van der Waals surface area contributed by atoms with Crippen LogP contribution in [-0.4, -0.2) is 19.6 Å². The Hall–Kier alpha value is -7.82. The lowest BCUT2D eigenvalue weighted by Crippen LogP contribution is -2.19. The molecule has 2 heterocycles. The fourth-order valence-electron chi connectivity index (χ4n) is 10.1. The molecule has 4 heteroatoms. The molecular formula is C68H65N3O. The Morgan fingerprint density at radius 1 is 0.417 bits per heavy atom. The van der Waals surface area contributed by atoms with Gasteiger partial charge in [-0.15, -0.1) is 0 Å². The van der Waals surface area contributed by atoms with E-state index in [1.165, 1.54) is 22.3 Å². The molecule has 72 heavy (non-hydrogen) atoms. The Labute approximate surface area is 426 Å². The SMILES string of the molecule is CCC(C)(CC)c1ccc(-c2ccnc(-c3cc(-c4cccc5c4nc(-c4cc(-c6ccccc6)cc(-c6ccccc6)c4O)n5-c4ccc(C(C)(C)C)cc4-c4ccccc4)cc(C(C)(C)C)c3)c2)cc1. The first-order valence-corrected chi connectivity index (χ1v) is 25.6. The lowest BCUT2D eigenvalue weighted by molar-refractivity contribution is 0.439. The van der Waals surface area contributed by atoms with Gasteiger partial charge in [0.25, 0.3) is 0 Å². The summed E-state index contributed by atoms with van der Waals surface area (Å²) in [4.78, 5) is 10.8. The molecule has 0 saturated carbocycles. The molecule has 0 amide bonds. The number of phenols is 1. The molecular weight excluding hydrogens is 875 g/mol. The Morgan fingerprint density at radius 3 is 1.61 bits per heavy atom. The summed E-state index contributed by atoms with van der Waals surface area (Å²) in [5.41, 5.74) is 19.3. The molecule has 0 aliphatic rings. The molecule has 10 aromatic rings. The van der Waals surface area contributed by atoms with Crippen LogP contribution in [0.3, 0.4) is 0 Å². The maximum absolute atomic E-state index is 12.8. The molecule has 0 saturated heterocycles. The summed E-state index contributed by atoms with van der Waals surface area (Å²) in [6.07, 6.45) is 4.14. The highest BCUT2D eigenvalue weighted by molar-refractivity contribution is 5.99. The van der Waals surface area contributed by atoms with Gasteiger partial charge in [-0.2, -0.15) is 0 Å². The van der Waals surface area contributed by atoms with Crippen LogP contribution < -0.4 is 0 Å². The third-order valence-corrected chi connectivity index (χ3v) is 15.1. The second-order valence-corrected chi connectivity index (χ2v) is 21.8. The highest BCUT2D eigenvalue weighted by atomic mass is 16.3. The van der Waals surface area contributed by atoms with Crippen molar-refractivity contribution in [1.29, 1.82) is 0 Å². The molecule has 0 bridgehead atoms. The monoisotopic (exact) mass is 940 g/mol. The second-order valence-electron chi connectivity index (χ2n) is 21.8. The van der Waals surface area contributed by atoms with Crippen molar-refractivity contribution < 1.29 is 5.11 Å². The van der Waals surface area contributed by atoms with E-state index in [1.807, 2.05) is 30.5 Å². The van der Waals surface area contributed by atoms with Gasteiger partial charge in [0.15, 0.2) is 0 Å². The summed E-state index contributed by atoms with van der Waals surface area (Å²) in [5, 5.41) is 12.8. The first kappa shape index (κ1) is 47.8. The van der Waals surface area contributed by atoms with Gasteiger partial charge < -0.3 is 5.11 Å². The maximum atomic E-state index is 12.8. The van der Waals surface area contributed by atoms with Gasteiger partial charge in [-0.1, -0.05) is 202 Å². The van der Waals surface area contributed by atoms with Gasteiger partial charge in [-0.3, -0.25) is 9.55 Å². The molecule has 0 unspecified atom stereocenters. The Kier molecular flexibility index (Phi) is 12.7. The quantitative estimate of drug-likeness (QED) is 0.141. The van der Waals surface area contributed by atoms with Gasteiger partial charge in [0, 0.05) is 28.5 Å². The van der Waals surface area contributed by atoms with Crippen LogP contribution in [0.2, 0.25) is 0 Å². The molecule has 1 N–H and O–H groups in total. The third-order valence-electron chi connectivity index (χ3n) is 15.1. The Morgan fingerprint density at radius 2 is 0.986 bits per heavy atom. The normalized spacial score (nSPS) is 12.1. The molecule has 4 nitrogen and oxygen atoms in total. The van der Waals surface area contributed by atoms with E-state index in [9.17, 15) is 5.11 Å². The van der Waals surface area contributed by atoms with Gasteiger partial charge >= 0.3 is 0 Å². The van der Waals surface area contributed by atoms with Crippen molar-refractivity contribution >= 4 is 11.0 Å². The zero-order valence-electron chi connectivity index (χ0n) is 43.3. The van der Waals surface area contributed by atoms with E-state index in [1.54, 1.807) is 0 Å². The Bertz CT molecular complexity index is 3550. The predicted octanol–water partition coefficient (Wildman–Crippen LogP) is 18.5. The summed E-state index contributed by atoms with van der Waals surface area (Å²) in [5.74, 6) is 0.824. The van der Waals surface area contributed by atoms with Crippen molar-refractivity contribution in [3.8, 4) is 89.7 Å². The van der Waals surface area contributed by atoms with Crippen LogP contribution >= 0.6 is 0 Å². The van der Waals surface area contributed by atoms with Crippen LogP contribution in [0.4, 0.5) is 0 Å². The average Bonchev–Trinajstić information content (AvgIpc) is 3.80. The minimum absolute atomic E-state index is 0.0951. The summed E-state index contributed by atoms with van der Waals surface area (Å²) >= 11 is 0. The molecule has 358 valence electrons. The lowest BCUT2D eigenvalue weighted by atomic mass is 9.77. The Balaban J connectivity index is 1.23. The van der Waals surface area contributed by atoms with E-state index in [-0.39, 0.29) is 22.0 Å². The molecule has 0 radical (unpaired) electrons. The number of rotatable bonds is 11. The van der Waals surface area contributed by atoms with Crippen molar-refractivity contribution in [1.82, 2.24) is 14.5 Å². The maximum Gasteiger partial charge on any atom is 0.149 e. The van der Waals surface area contributed by atoms with Crippen LogP contribution in [0, 0.1) is 0 Å². The van der Waals surface area contributed by atoms with E-state index in [4.69, 9.17) is 9.97 Å². The van der Waals surface area contributed by atoms with Crippen molar-refractivity contribution in [2.75, 3.05) is 0 Å². The van der Waals surface area contributed by atoms with E-state index in [0.717, 1.165) is 90.9 Å². The van der Waals surface area contributed by atoms with Crippen molar-refractivity contribution in [3.05, 3.63) is 217 Å². The number of nitrogens with zero attached hydrogens (tertiary/aromatic N) is 3. The highest BCUT2D eigenvalue weighted by Gasteiger charge is 2.27. The first-order valence-electron chi connectivity index (χ1n) is 25.6. The van der Waals surface area contributed by atoms with E-state index >= 15 is 0 Å². The summed E-state index contributed by atoms with van der Waals surface area (Å²) in [7, 11) is 0. The van der Waals surface area contributed by atoms with Crippen LogP contribution in [-0.2, 0) is 16.2 Å².